The van der Waals surface area contributed by atoms with Crippen molar-refractivity contribution < 1.29 is 4.79 Å². The van der Waals surface area contributed by atoms with E-state index in [0.29, 0.717) is 21.3 Å². The van der Waals surface area contributed by atoms with Crippen LogP contribution < -0.4 is 0 Å². The number of carbonyl (C=O) groups is 1. The number of pyridine rings is 1. The number of alkyl halides is 1. The van der Waals surface area contributed by atoms with Crippen molar-refractivity contribution in [2.45, 2.75) is 17.7 Å². The molecule has 3 nitrogen and oxygen atoms in total. The minimum atomic E-state index is -0.0320. The SMILES string of the molecule is CN(CC1CC(Br)C1)C(=O)c1ccncc1Cl. The molecule has 0 radical (unpaired) electrons. The molecular formula is C12H14BrClN2O. The lowest BCUT2D eigenvalue weighted by atomic mass is 9.85. The van der Waals surface area contributed by atoms with E-state index in [1.165, 1.54) is 6.20 Å². The van der Waals surface area contributed by atoms with Crippen molar-refractivity contribution in [1.29, 1.82) is 0 Å². The predicted molar refractivity (Wildman–Crippen MR) is 71.6 cm³/mol. The summed E-state index contributed by atoms with van der Waals surface area (Å²) in [4.78, 5) is 18.4. The highest BCUT2D eigenvalue weighted by Gasteiger charge is 2.29. The quantitative estimate of drug-likeness (QED) is 0.803. The largest absolute Gasteiger partial charge is 0.341 e. The van der Waals surface area contributed by atoms with Crippen molar-refractivity contribution >= 4 is 33.4 Å². The molecule has 0 aromatic carbocycles. The highest BCUT2D eigenvalue weighted by atomic mass is 79.9. The van der Waals surface area contributed by atoms with Crippen molar-refractivity contribution in [2.24, 2.45) is 5.92 Å². The summed E-state index contributed by atoms with van der Waals surface area (Å²) >= 11 is 9.50. The average molecular weight is 318 g/mol. The van der Waals surface area contributed by atoms with Crippen LogP contribution in [0.1, 0.15) is 23.2 Å². The molecule has 92 valence electrons. The first kappa shape index (κ1) is 12.8. The molecule has 2 rings (SSSR count). The third-order valence-corrected chi connectivity index (χ3v) is 4.11. The number of aromatic nitrogens is 1. The number of carbonyl (C=O) groups excluding carboxylic acids is 1. The highest BCUT2D eigenvalue weighted by molar-refractivity contribution is 9.09. The number of halogens is 2. The molecule has 1 amide bonds. The zero-order valence-corrected chi connectivity index (χ0v) is 11.9. The van der Waals surface area contributed by atoms with E-state index in [1.54, 1.807) is 17.2 Å². The second-order valence-electron chi connectivity index (χ2n) is 4.48. The van der Waals surface area contributed by atoms with E-state index in [4.69, 9.17) is 11.6 Å². The molecule has 0 spiro atoms. The smallest absolute Gasteiger partial charge is 0.255 e. The fourth-order valence-corrected chi connectivity index (χ4v) is 3.29. The Morgan fingerprint density at radius 3 is 2.94 bits per heavy atom. The molecule has 17 heavy (non-hydrogen) atoms. The number of hydrogen-bond donors (Lipinski definition) is 0. The zero-order valence-electron chi connectivity index (χ0n) is 9.57. The Labute approximate surface area is 114 Å². The van der Waals surface area contributed by atoms with Gasteiger partial charge in [-0.1, -0.05) is 27.5 Å². The van der Waals surface area contributed by atoms with Crippen molar-refractivity contribution in [3.8, 4) is 0 Å². The maximum Gasteiger partial charge on any atom is 0.255 e. The minimum absolute atomic E-state index is 0.0320. The Hall–Kier alpha value is -0.610. The number of nitrogens with zero attached hydrogens (tertiary/aromatic N) is 2. The van der Waals surface area contributed by atoms with Gasteiger partial charge in [0.1, 0.15) is 0 Å². The van der Waals surface area contributed by atoms with E-state index in [2.05, 4.69) is 20.9 Å². The fourth-order valence-electron chi connectivity index (χ4n) is 2.03. The molecule has 0 N–H and O–H groups in total. The third-order valence-electron chi connectivity index (χ3n) is 3.06. The van der Waals surface area contributed by atoms with Gasteiger partial charge in [0.15, 0.2) is 0 Å². The molecule has 0 unspecified atom stereocenters. The van der Waals surface area contributed by atoms with Gasteiger partial charge in [-0.05, 0) is 24.8 Å². The van der Waals surface area contributed by atoms with Gasteiger partial charge in [0, 0.05) is 30.8 Å². The van der Waals surface area contributed by atoms with Gasteiger partial charge in [-0.2, -0.15) is 0 Å². The Morgan fingerprint density at radius 2 is 2.35 bits per heavy atom. The van der Waals surface area contributed by atoms with Crippen LogP contribution in [0.25, 0.3) is 0 Å². The molecule has 1 saturated carbocycles. The lowest BCUT2D eigenvalue weighted by Gasteiger charge is -2.34. The van der Waals surface area contributed by atoms with Gasteiger partial charge in [-0.25, -0.2) is 0 Å². The van der Waals surface area contributed by atoms with Gasteiger partial charge >= 0.3 is 0 Å². The molecule has 1 aliphatic carbocycles. The summed E-state index contributed by atoms with van der Waals surface area (Å²) in [7, 11) is 1.82. The maximum absolute atomic E-state index is 12.1. The second kappa shape index (κ2) is 5.36. The summed E-state index contributed by atoms with van der Waals surface area (Å²) in [5.74, 6) is 0.573. The van der Waals surface area contributed by atoms with Crippen LogP contribution in [-0.4, -0.2) is 34.2 Å². The number of rotatable bonds is 3. The van der Waals surface area contributed by atoms with Gasteiger partial charge in [0.2, 0.25) is 0 Å². The summed E-state index contributed by atoms with van der Waals surface area (Å²) in [5, 5.41) is 0.413. The van der Waals surface area contributed by atoms with E-state index < -0.39 is 0 Å². The fraction of sp³-hybridized carbons (Fsp3) is 0.500. The van der Waals surface area contributed by atoms with Gasteiger partial charge < -0.3 is 4.90 Å². The second-order valence-corrected chi connectivity index (χ2v) is 6.18. The van der Waals surface area contributed by atoms with Crippen molar-refractivity contribution in [2.75, 3.05) is 13.6 Å². The van der Waals surface area contributed by atoms with Gasteiger partial charge in [-0.15, -0.1) is 0 Å². The van der Waals surface area contributed by atoms with Crippen molar-refractivity contribution in [1.82, 2.24) is 9.88 Å². The van der Waals surface area contributed by atoms with Crippen LogP contribution in [-0.2, 0) is 0 Å². The van der Waals surface area contributed by atoms with Crippen LogP contribution in [0.3, 0.4) is 0 Å². The first-order chi connectivity index (χ1) is 8.08. The van der Waals surface area contributed by atoms with Gasteiger partial charge in [0.25, 0.3) is 5.91 Å². The number of amides is 1. The van der Waals surface area contributed by atoms with Crippen molar-refractivity contribution in [3.63, 3.8) is 0 Å². The van der Waals surface area contributed by atoms with E-state index >= 15 is 0 Å². The first-order valence-electron chi connectivity index (χ1n) is 5.57. The van der Waals surface area contributed by atoms with Gasteiger partial charge in [-0.3, -0.25) is 9.78 Å². The van der Waals surface area contributed by atoms with E-state index in [9.17, 15) is 4.79 Å². The third kappa shape index (κ3) is 2.99. The molecule has 1 aromatic rings. The molecule has 0 aliphatic heterocycles. The number of hydrogen-bond acceptors (Lipinski definition) is 2. The molecule has 0 saturated heterocycles. The molecular weight excluding hydrogens is 304 g/mol. The highest BCUT2D eigenvalue weighted by Crippen LogP contribution is 2.33. The lowest BCUT2D eigenvalue weighted by molar-refractivity contribution is 0.0749. The van der Waals surface area contributed by atoms with E-state index in [0.717, 1.165) is 19.4 Å². The molecule has 1 heterocycles. The Bertz CT molecular complexity index is 421. The van der Waals surface area contributed by atoms with Crippen LogP contribution in [0.4, 0.5) is 0 Å². The zero-order chi connectivity index (χ0) is 12.4. The predicted octanol–water partition coefficient (Wildman–Crippen LogP) is 2.98. The molecule has 1 aromatic heterocycles. The minimum Gasteiger partial charge on any atom is -0.341 e. The van der Waals surface area contributed by atoms with Gasteiger partial charge in [0.05, 0.1) is 10.6 Å². The van der Waals surface area contributed by atoms with Crippen LogP contribution in [0.15, 0.2) is 18.5 Å². The lowest BCUT2D eigenvalue weighted by Crippen LogP contribution is -2.37. The molecule has 1 aliphatic rings. The van der Waals surface area contributed by atoms with Crippen LogP contribution in [0.5, 0.6) is 0 Å². The summed E-state index contributed by atoms with van der Waals surface area (Å²) < 4.78 is 0. The van der Waals surface area contributed by atoms with Crippen LogP contribution in [0, 0.1) is 5.92 Å². The Kier molecular flexibility index (Phi) is 4.05. The summed E-state index contributed by atoms with van der Waals surface area (Å²) in [6.07, 6.45) is 5.37. The molecule has 1 fully saturated rings. The topological polar surface area (TPSA) is 33.2 Å². The molecule has 0 bridgehead atoms. The Morgan fingerprint density at radius 1 is 1.65 bits per heavy atom. The summed E-state index contributed by atoms with van der Waals surface area (Å²) in [6.45, 7) is 0.791. The standard InChI is InChI=1S/C12H14BrClN2O/c1-16(7-8-4-9(13)5-8)12(17)10-2-3-15-6-11(10)14/h2-3,6,8-9H,4-5,7H2,1H3. The van der Waals surface area contributed by atoms with E-state index in [-0.39, 0.29) is 5.91 Å². The first-order valence-corrected chi connectivity index (χ1v) is 6.86. The monoisotopic (exact) mass is 316 g/mol. The normalized spacial score (nSPS) is 23.0. The maximum atomic E-state index is 12.1. The van der Waals surface area contributed by atoms with Crippen LogP contribution in [0.2, 0.25) is 5.02 Å². The average Bonchev–Trinajstić information content (AvgIpc) is 2.26. The molecule has 0 atom stereocenters. The van der Waals surface area contributed by atoms with Crippen molar-refractivity contribution in [3.05, 3.63) is 29.0 Å². The molecule has 5 heteroatoms. The summed E-state index contributed by atoms with van der Waals surface area (Å²) in [5.41, 5.74) is 0.527. The Balaban J connectivity index is 1.97. The van der Waals surface area contributed by atoms with E-state index in [1.807, 2.05) is 7.05 Å². The van der Waals surface area contributed by atoms with Crippen LogP contribution >= 0.6 is 27.5 Å². The summed E-state index contributed by atoms with van der Waals surface area (Å²) in [6, 6.07) is 1.66.